The Morgan fingerprint density at radius 1 is 1.17 bits per heavy atom. The molecule has 1 aliphatic rings. The first-order valence-electron chi connectivity index (χ1n) is 7.17. The maximum absolute atomic E-state index is 12.3. The number of amides is 1. The van der Waals surface area contributed by atoms with E-state index in [1.54, 1.807) is 42.7 Å². The molecule has 1 aliphatic heterocycles. The highest BCUT2D eigenvalue weighted by molar-refractivity contribution is 7.91. The molecule has 0 saturated carbocycles. The summed E-state index contributed by atoms with van der Waals surface area (Å²) < 4.78 is 22.9. The number of nitrogens with one attached hydrogen (secondary N) is 2. The van der Waals surface area contributed by atoms with E-state index in [1.807, 2.05) is 0 Å². The maximum atomic E-state index is 12.3. The number of nitrogens with zero attached hydrogens (tertiary/aromatic N) is 2. The molecule has 1 amide bonds. The molecule has 0 unspecified atom stereocenters. The van der Waals surface area contributed by atoms with E-state index in [9.17, 15) is 13.2 Å². The van der Waals surface area contributed by atoms with Crippen molar-refractivity contribution < 1.29 is 13.2 Å². The van der Waals surface area contributed by atoms with E-state index in [0.717, 1.165) is 0 Å². The van der Waals surface area contributed by atoms with Crippen LogP contribution in [0.4, 0.5) is 11.6 Å². The highest BCUT2D eigenvalue weighted by Crippen LogP contribution is 2.16. The Morgan fingerprint density at radius 3 is 2.65 bits per heavy atom. The van der Waals surface area contributed by atoms with Crippen LogP contribution in [0.1, 0.15) is 16.8 Å². The van der Waals surface area contributed by atoms with E-state index in [2.05, 4.69) is 20.6 Å². The van der Waals surface area contributed by atoms with E-state index in [1.165, 1.54) is 0 Å². The Morgan fingerprint density at radius 2 is 1.96 bits per heavy atom. The molecular formula is C15H16N4O3S. The molecular weight excluding hydrogens is 316 g/mol. The smallest absolute Gasteiger partial charge is 0.251 e. The fraction of sp³-hybridized carbons (Fsp3) is 0.267. The molecule has 8 heteroatoms. The zero-order chi connectivity index (χ0) is 16.3. The number of carbonyl (C=O) groups is 1. The molecule has 3 rings (SSSR count). The summed E-state index contributed by atoms with van der Waals surface area (Å²) in [5.74, 6) is 0.288. The lowest BCUT2D eigenvalue weighted by molar-refractivity contribution is 0.0941. The van der Waals surface area contributed by atoms with Crippen LogP contribution in [-0.4, -0.2) is 41.8 Å². The SMILES string of the molecule is O=C(N[C@H]1CCS(=O)(=O)C1)c1cccc(Nc2ncccn2)c1. The standard InChI is InChI=1S/C15H16N4O3S/c20-14(18-13-5-8-23(21,22)10-13)11-3-1-4-12(9-11)19-15-16-6-2-7-17-15/h1-4,6-7,9,13H,5,8,10H2,(H,18,20)(H,16,17,19)/t13-/m0/s1. The van der Waals surface area contributed by atoms with Gasteiger partial charge in [-0.3, -0.25) is 4.79 Å². The Labute approximate surface area is 134 Å². The third-order valence-electron chi connectivity index (χ3n) is 3.51. The first-order valence-corrected chi connectivity index (χ1v) is 8.99. The van der Waals surface area contributed by atoms with Crippen molar-refractivity contribution in [1.82, 2.24) is 15.3 Å². The van der Waals surface area contributed by atoms with Crippen LogP contribution in [0.15, 0.2) is 42.7 Å². The number of hydrogen-bond acceptors (Lipinski definition) is 6. The predicted octanol–water partition coefficient (Wildman–Crippen LogP) is 1.14. The minimum atomic E-state index is -3.02. The van der Waals surface area contributed by atoms with Gasteiger partial charge in [0.2, 0.25) is 5.95 Å². The lowest BCUT2D eigenvalue weighted by Gasteiger charge is -2.12. The third-order valence-corrected chi connectivity index (χ3v) is 5.28. The summed E-state index contributed by atoms with van der Waals surface area (Å²) in [5.41, 5.74) is 1.14. The Hall–Kier alpha value is -2.48. The van der Waals surface area contributed by atoms with Crippen molar-refractivity contribution in [3.8, 4) is 0 Å². The van der Waals surface area contributed by atoms with Crippen molar-refractivity contribution >= 4 is 27.4 Å². The summed E-state index contributed by atoms with van der Waals surface area (Å²) in [6.45, 7) is 0. The van der Waals surface area contributed by atoms with Crippen LogP contribution in [0.25, 0.3) is 0 Å². The van der Waals surface area contributed by atoms with Crippen molar-refractivity contribution in [1.29, 1.82) is 0 Å². The normalized spacial score (nSPS) is 19.2. The number of rotatable bonds is 4. The van der Waals surface area contributed by atoms with Gasteiger partial charge in [-0.25, -0.2) is 18.4 Å². The second-order valence-corrected chi connectivity index (χ2v) is 7.58. The van der Waals surface area contributed by atoms with Gasteiger partial charge in [0.05, 0.1) is 11.5 Å². The highest BCUT2D eigenvalue weighted by Gasteiger charge is 2.29. The summed E-state index contributed by atoms with van der Waals surface area (Å²) in [6.07, 6.45) is 3.70. The highest BCUT2D eigenvalue weighted by atomic mass is 32.2. The molecule has 1 aromatic heterocycles. The van der Waals surface area contributed by atoms with Crippen molar-refractivity contribution in [2.45, 2.75) is 12.5 Å². The van der Waals surface area contributed by atoms with E-state index >= 15 is 0 Å². The van der Waals surface area contributed by atoms with E-state index < -0.39 is 9.84 Å². The number of benzene rings is 1. The molecule has 2 aromatic rings. The second kappa shape index (κ2) is 6.33. The Balaban J connectivity index is 1.68. The van der Waals surface area contributed by atoms with Crippen molar-refractivity contribution in [3.63, 3.8) is 0 Å². The summed E-state index contributed by atoms with van der Waals surface area (Å²) in [5, 5.41) is 5.77. The van der Waals surface area contributed by atoms with Crippen LogP contribution in [0.2, 0.25) is 0 Å². The first kappa shape index (κ1) is 15.4. The molecule has 23 heavy (non-hydrogen) atoms. The van der Waals surface area contributed by atoms with Gasteiger partial charge in [-0.15, -0.1) is 0 Å². The Bertz CT molecular complexity index is 808. The largest absolute Gasteiger partial charge is 0.348 e. The molecule has 2 N–H and O–H groups in total. The molecule has 1 aromatic carbocycles. The number of carbonyl (C=O) groups excluding carboxylic acids is 1. The Kier molecular flexibility index (Phi) is 4.24. The molecule has 1 fully saturated rings. The zero-order valence-corrected chi connectivity index (χ0v) is 13.1. The molecule has 1 atom stereocenters. The summed E-state index contributed by atoms with van der Waals surface area (Å²) in [4.78, 5) is 20.4. The summed E-state index contributed by atoms with van der Waals surface area (Å²) >= 11 is 0. The summed E-state index contributed by atoms with van der Waals surface area (Å²) in [7, 11) is -3.02. The lowest BCUT2D eigenvalue weighted by atomic mass is 10.1. The van der Waals surface area contributed by atoms with Crippen molar-refractivity contribution in [3.05, 3.63) is 48.3 Å². The van der Waals surface area contributed by atoms with Crippen LogP contribution >= 0.6 is 0 Å². The van der Waals surface area contributed by atoms with E-state index in [4.69, 9.17) is 0 Å². The number of sulfone groups is 1. The van der Waals surface area contributed by atoms with Crippen LogP contribution < -0.4 is 10.6 Å². The van der Waals surface area contributed by atoms with Crippen LogP contribution in [0, 0.1) is 0 Å². The third kappa shape index (κ3) is 4.04. The van der Waals surface area contributed by atoms with Gasteiger partial charge < -0.3 is 10.6 Å². The van der Waals surface area contributed by atoms with Gasteiger partial charge >= 0.3 is 0 Å². The van der Waals surface area contributed by atoms with E-state index in [-0.39, 0.29) is 23.5 Å². The fourth-order valence-electron chi connectivity index (χ4n) is 2.41. The van der Waals surface area contributed by atoms with Gasteiger partial charge in [-0.1, -0.05) is 6.07 Å². The van der Waals surface area contributed by atoms with Gasteiger partial charge in [-0.05, 0) is 30.7 Å². The van der Waals surface area contributed by atoms with Crippen molar-refractivity contribution in [2.24, 2.45) is 0 Å². The average molecular weight is 332 g/mol. The molecule has 1 saturated heterocycles. The van der Waals surface area contributed by atoms with Gasteiger partial charge in [0, 0.05) is 29.7 Å². The van der Waals surface area contributed by atoms with Crippen LogP contribution in [0.5, 0.6) is 0 Å². The maximum Gasteiger partial charge on any atom is 0.251 e. The zero-order valence-electron chi connectivity index (χ0n) is 12.3. The molecule has 0 bridgehead atoms. The van der Waals surface area contributed by atoms with Crippen molar-refractivity contribution in [2.75, 3.05) is 16.8 Å². The van der Waals surface area contributed by atoms with E-state index in [0.29, 0.717) is 23.6 Å². The topological polar surface area (TPSA) is 101 Å². The quantitative estimate of drug-likeness (QED) is 0.870. The second-order valence-electron chi connectivity index (χ2n) is 5.35. The number of anilines is 2. The van der Waals surface area contributed by atoms with Gasteiger partial charge in [0.25, 0.3) is 5.91 Å². The molecule has 0 radical (unpaired) electrons. The summed E-state index contributed by atoms with van der Waals surface area (Å²) in [6, 6.07) is 8.29. The number of aromatic nitrogens is 2. The van der Waals surface area contributed by atoms with Gasteiger partial charge in [0.15, 0.2) is 9.84 Å². The molecule has 0 spiro atoms. The minimum Gasteiger partial charge on any atom is -0.348 e. The van der Waals surface area contributed by atoms with Crippen LogP contribution in [0.3, 0.4) is 0 Å². The molecule has 120 valence electrons. The molecule has 2 heterocycles. The predicted molar refractivity (Wildman–Crippen MR) is 86.3 cm³/mol. The lowest BCUT2D eigenvalue weighted by Crippen LogP contribution is -2.35. The average Bonchev–Trinajstić information content (AvgIpc) is 2.87. The van der Waals surface area contributed by atoms with Gasteiger partial charge in [-0.2, -0.15) is 0 Å². The minimum absolute atomic E-state index is 0.00847. The molecule has 7 nitrogen and oxygen atoms in total. The fourth-order valence-corrected chi connectivity index (χ4v) is 4.08. The monoisotopic (exact) mass is 332 g/mol. The van der Waals surface area contributed by atoms with Crippen LogP contribution in [-0.2, 0) is 9.84 Å². The molecule has 0 aliphatic carbocycles. The van der Waals surface area contributed by atoms with Gasteiger partial charge in [0.1, 0.15) is 0 Å². The number of hydrogen-bond donors (Lipinski definition) is 2. The first-order chi connectivity index (χ1) is 11.0.